The van der Waals surface area contributed by atoms with E-state index in [9.17, 15) is 8.42 Å². The van der Waals surface area contributed by atoms with Crippen LogP contribution >= 0.6 is 11.6 Å². The van der Waals surface area contributed by atoms with Crippen molar-refractivity contribution in [2.24, 2.45) is 5.14 Å². The molecule has 2 rings (SSSR count). The van der Waals surface area contributed by atoms with E-state index in [1.807, 2.05) is 0 Å². The van der Waals surface area contributed by atoms with Crippen molar-refractivity contribution in [1.82, 2.24) is 0 Å². The first-order chi connectivity index (χ1) is 7.94. The molecule has 1 heterocycles. The third-order valence-electron chi connectivity index (χ3n) is 2.04. The average molecular weight is 296 g/mol. The number of rotatable bonds is 3. The SMILES string of the molecule is C.NS(=O)(=O)OC[C@H]1COc2cc(Cl)ccc2O1. The summed E-state index contributed by atoms with van der Waals surface area (Å²) in [6, 6.07) is 4.90. The smallest absolute Gasteiger partial charge is 0.333 e. The second-order valence-corrected chi connectivity index (χ2v) is 5.08. The number of halogens is 1. The molecule has 0 unspecified atom stereocenters. The van der Waals surface area contributed by atoms with Crippen LogP contribution in [0.5, 0.6) is 11.5 Å². The van der Waals surface area contributed by atoms with Crippen LogP contribution in [0.1, 0.15) is 7.43 Å². The molecule has 1 aromatic carbocycles. The Kier molecular flexibility index (Phi) is 4.80. The van der Waals surface area contributed by atoms with Crippen LogP contribution in [-0.4, -0.2) is 27.7 Å². The molecule has 1 atom stereocenters. The minimum Gasteiger partial charge on any atom is -0.486 e. The molecule has 0 aromatic heterocycles. The van der Waals surface area contributed by atoms with Crippen LogP contribution in [0.4, 0.5) is 0 Å². The molecule has 2 N–H and O–H groups in total. The van der Waals surface area contributed by atoms with Gasteiger partial charge in [0.2, 0.25) is 0 Å². The van der Waals surface area contributed by atoms with Gasteiger partial charge in [0.15, 0.2) is 17.6 Å². The van der Waals surface area contributed by atoms with E-state index in [4.69, 9.17) is 26.2 Å². The molecule has 102 valence electrons. The standard InChI is InChI=1S/C9H10ClNO5S.CH4/c10-6-1-2-8-9(3-6)14-4-7(16-8)5-15-17(11,12)13;/h1-3,7H,4-5H2,(H2,11,12,13);1H4/t7-;/m1./s1. The Bertz CT molecular complexity index is 519. The fourth-order valence-corrected chi connectivity index (χ4v) is 1.84. The van der Waals surface area contributed by atoms with Crippen molar-refractivity contribution >= 4 is 21.9 Å². The maximum absolute atomic E-state index is 10.6. The molecule has 1 aliphatic rings. The molecule has 0 saturated heterocycles. The molecular weight excluding hydrogens is 282 g/mol. The van der Waals surface area contributed by atoms with Crippen molar-refractivity contribution < 1.29 is 22.1 Å². The number of hydrogen-bond donors (Lipinski definition) is 1. The second-order valence-electron chi connectivity index (χ2n) is 3.42. The Balaban J connectivity index is 0.00000162. The van der Waals surface area contributed by atoms with Crippen molar-refractivity contribution in [2.75, 3.05) is 13.2 Å². The lowest BCUT2D eigenvalue weighted by Gasteiger charge is -2.25. The highest BCUT2D eigenvalue weighted by Gasteiger charge is 2.22. The quantitative estimate of drug-likeness (QED) is 0.909. The van der Waals surface area contributed by atoms with E-state index in [1.54, 1.807) is 18.2 Å². The first kappa shape index (κ1) is 15.0. The molecule has 8 heteroatoms. The second kappa shape index (κ2) is 5.75. The lowest BCUT2D eigenvalue weighted by Crippen LogP contribution is -2.35. The lowest BCUT2D eigenvalue weighted by atomic mass is 10.3. The lowest BCUT2D eigenvalue weighted by molar-refractivity contribution is 0.0555. The van der Waals surface area contributed by atoms with Gasteiger partial charge >= 0.3 is 10.3 Å². The van der Waals surface area contributed by atoms with Gasteiger partial charge in [-0.1, -0.05) is 19.0 Å². The van der Waals surface area contributed by atoms with Crippen LogP contribution in [0.25, 0.3) is 0 Å². The van der Waals surface area contributed by atoms with E-state index in [0.29, 0.717) is 16.5 Å². The fourth-order valence-electron chi connectivity index (χ4n) is 1.34. The van der Waals surface area contributed by atoms with Gasteiger partial charge in [0.25, 0.3) is 0 Å². The Hall–Kier alpha value is -1.02. The zero-order valence-corrected chi connectivity index (χ0v) is 10.2. The highest BCUT2D eigenvalue weighted by Crippen LogP contribution is 2.33. The van der Waals surface area contributed by atoms with Gasteiger partial charge in [0, 0.05) is 11.1 Å². The van der Waals surface area contributed by atoms with Crippen LogP contribution in [0.3, 0.4) is 0 Å². The minimum atomic E-state index is -3.96. The Morgan fingerprint density at radius 1 is 1.44 bits per heavy atom. The summed E-state index contributed by atoms with van der Waals surface area (Å²) < 4.78 is 36.4. The maximum atomic E-state index is 10.6. The van der Waals surface area contributed by atoms with Crippen LogP contribution in [0.15, 0.2) is 18.2 Å². The van der Waals surface area contributed by atoms with Gasteiger partial charge in [-0.15, -0.1) is 0 Å². The summed E-state index contributed by atoms with van der Waals surface area (Å²) >= 11 is 5.78. The molecular formula is C10H14ClNO5S. The highest BCUT2D eigenvalue weighted by atomic mass is 35.5. The molecule has 18 heavy (non-hydrogen) atoms. The third-order valence-corrected chi connectivity index (χ3v) is 2.74. The van der Waals surface area contributed by atoms with Crippen molar-refractivity contribution in [3.8, 4) is 11.5 Å². The van der Waals surface area contributed by atoms with Crippen LogP contribution < -0.4 is 14.6 Å². The zero-order chi connectivity index (χ0) is 12.5. The van der Waals surface area contributed by atoms with E-state index in [2.05, 4.69) is 4.18 Å². The molecule has 1 aromatic rings. The van der Waals surface area contributed by atoms with Crippen molar-refractivity contribution in [3.05, 3.63) is 23.2 Å². The summed E-state index contributed by atoms with van der Waals surface area (Å²) in [7, 11) is -3.96. The first-order valence-electron chi connectivity index (χ1n) is 4.70. The topological polar surface area (TPSA) is 87.9 Å². The van der Waals surface area contributed by atoms with Gasteiger partial charge in [0.1, 0.15) is 13.2 Å². The van der Waals surface area contributed by atoms with Gasteiger partial charge in [-0.05, 0) is 12.1 Å². The summed E-state index contributed by atoms with van der Waals surface area (Å²) in [5.74, 6) is 1.01. The molecule has 0 fully saturated rings. The predicted molar refractivity (Wildman–Crippen MR) is 67.2 cm³/mol. The normalized spacial score (nSPS) is 18.0. The van der Waals surface area contributed by atoms with E-state index >= 15 is 0 Å². The molecule has 6 nitrogen and oxygen atoms in total. The van der Waals surface area contributed by atoms with Gasteiger partial charge < -0.3 is 9.47 Å². The predicted octanol–water partition coefficient (Wildman–Crippen LogP) is 1.34. The van der Waals surface area contributed by atoms with Crippen LogP contribution in [-0.2, 0) is 14.5 Å². The third kappa shape index (κ3) is 4.02. The minimum absolute atomic E-state index is 0. The zero-order valence-electron chi connectivity index (χ0n) is 8.63. The largest absolute Gasteiger partial charge is 0.486 e. The highest BCUT2D eigenvalue weighted by molar-refractivity contribution is 7.84. The molecule has 0 bridgehead atoms. The van der Waals surface area contributed by atoms with Gasteiger partial charge in [-0.3, -0.25) is 4.18 Å². The molecule has 0 radical (unpaired) electrons. The van der Waals surface area contributed by atoms with E-state index in [-0.39, 0.29) is 20.6 Å². The summed E-state index contributed by atoms with van der Waals surface area (Å²) in [5, 5.41) is 5.24. The van der Waals surface area contributed by atoms with E-state index in [1.165, 1.54) is 0 Å². The number of ether oxygens (including phenoxy) is 2. The monoisotopic (exact) mass is 295 g/mol. The number of benzene rings is 1. The van der Waals surface area contributed by atoms with Crippen molar-refractivity contribution in [2.45, 2.75) is 13.5 Å². The molecule has 0 saturated carbocycles. The van der Waals surface area contributed by atoms with E-state index in [0.717, 1.165) is 0 Å². The van der Waals surface area contributed by atoms with Gasteiger partial charge in [0.05, 0.1) is 0 Å². The van der Waals surface area contributed by atoms with Crippen LogP contribution in [0, 0.1) is 0 Å². The Morgan fingerprint density at radius 3 is 2.83 bits per heavy atom. The van der Waals surface area contributed by atoms with E-state index < -0.39 is 16.4 Å². The van der Waals surface area contributed by atoms with Gasteiger partial charge in [-0.2, -0.15) is 8.42 Å². The number of hydrogen-bond acceptors (Lipinski definition) is 5. The van der Waals surface area contributed by atoms with Crippen molar-refractivity contribution in [1.29, 1.82) is 0 Å². The Morgan fingerprint density at radius 2 is 2.17 bits per heavy atom. The van der Waals surface area contributed by atoms with Gasteiger partial charge in [-0.25, -0.2) is 5.14 Å². The number of fused-ring (bicyclic) bond motifs is 1. The average Bonchev–Trinajstić information content (AvgIpc) is 2.25. The molecule has 0 aliphatic carbocycles. The Labute approximate surface area is 111 Å². The van der Waals surface area contributed by atoms with Crippen molar-refractivity contribution in [3.63, 3.8) is 0 Å². The molecule has 0 amide bonds. The molecule has 0 spiro atoms. The molecule has 1 aliphatic heterocycles. The fraction of sp³-hybridized carbons (Fsp3) is 0.400. The number of nitrogens with two attached hydrogens (primary N) is 1. The first-order valence-corrected chi connectivity index (χ1v) is 6.55. The summed E-state index contributed by atoms with van der Waals surface area (Å²) in [5.41, 5.74) is 0. The maximum Gasteiger partial charge on any atom is 0.333 e. The summed E-state index contributed by atoms with van der Waals surface area (Å²) in [6.45, 7) is -0.0240. The summed E-state index contributed by atoms with van der Waals surface area (Å²) in [4.78, 5) is 0. The summed E-state index contributed by atoms with van der Waals surface area (Å²) in [6.07, 6.45) is -0.526. The van der Waals surface area contributed by atoms with Crippen LogP contribution in [0.2, 0.25) is 5.02 Å².